The first-order valence-corrected chi connectivity index (χ1v) is 8.64. The number of fused-ring (bicyclic) bond motifs is 1. The second kappa shape index (κ2) is 5.79. The van der Waals surface area contributed by atoms with Crippen LogP contribution in [0.5, 0.6) is 0 Å². The van der Waals surface area contributed by atoms with Gasteiger partial charge < -0.3 is 0 Å². The van der Waals surface area contributed by atoms with Gasteiger partial charge in [-0.25, -0.2) is 8.42 Å². The molecule has 20 heavy (non-hydrogen) atoms. The highest BCUT2D eigenvalue weighted by molar-refractivity contribution is 9.09. The Kier molecular flexibility index (Phi) is 4.46. The third-order valence-electron chi connectivity index (χ3n) is 3.13. The van der Waals surface area contributed by atoms with E-state index in [-0.39, 0.29) is 4.83 Å². The van der Waals surface area contributed by atoms with Crippen LogP contribution in [0, 0.1) is 6.92 Å². The molecule has 1 aromatic heterocycles. The average Bonchev–Trinajstić information content (AvgIpc) is 2.38. The van der Waals surface area contributed by atoms with Gasteiger partial charge in [0, 0.05) is 30.0 Å². The highest BCUT2D eigenvalue weighted by Gasteiger charge is 2.24. The van der Waals surface area contributed by atoms with Gasteiger partial charge in [-0.05, 0) is 30.7 Å². The zero-order chi connectivity index (χ0) is 14.9. The van der Waals surface area contributed by atoms with Gasteiger partial charge in [-0.1, -0.05) is 28.9 Å². The molecule has 0 aliphatic carbocycles. The summed E-state index contributed by atoms with van der Waals surface area (Å²) in [4.78, 5) is 4.68. The predicted octanol–water partition coefficient (Wildman–Crippen LogP) is 2.95. The van der Waals surface area contributed by atoms with Gasteiger partial charge in [0.25, 0.3) is 0 Å². The molecular weight excluding hydrogens is 340 g/mol. The summed E-state index contributed by atoms with van der Waals surface area (Å²) in [6, 6.07) is 7.01. The molecule has 0 fully saturated rings. The Morgan fingerprint density at radius 1 is 1.35 bits per heavy atom. The van der Waals surface area contributed by atoms with Crippen LogP contribution in [-0.4, -0.2) is 36.1 Å². The van der Waals surface area contributed by atoms with Crippen molar-refractivity contribution in [2.24, 2.45) is 0 Å². The van der Waals surface area contributed by atoms with Crippen LogP contribution in [-0.2, 0) is 10.0 Å². The maximum atomic E-state index is 12.7. The van der Waals surface area contributed by atoms with Crippen LogP contribution in [0.15, 0.2) is 35.4 Å². The lowest BCUT2D eigenvalue weighted by atomic mass is 10.1. The Hall–Kier alpha value is -0.980. The molecule has 1 unspecified atom stereocenters. The molecular formula is C14H17BrN2O2S. The largest absolute Gasteiger partial charge is 0.256 e. The van der Waals surface area contributed by atoms with E-state index in [0.717, 1.165) is 11.1 Å². The van der Waals surface area contributed by atoms with Crippen LogP contribution in [0.3, 0.4) is 0 Å². The van der Waals surface area contributed by atoms with Crippen LogP contribution in [0.1, 0.15) is 12.5 Å². The molecule has 0 spiro atoms. The molecule has 1 heterocycles. The minimum Gasteiger partial charge on any atom is -0.256 e. The van der Waals surface area contributed by atoms with E-state index in [1.165, 1.54) is 4.31 Å². The number of hydrogen-bond donors (Lipinski definition) is 0. The van der Waals surface area contributed by atoms with Gasteiger partial charge in [-0.15, -0.1) is 0 Å². The summed E-state index contributed by atoms with van der Waals surface area (Å²) in [5.41, 5.74) is 1.70. The first-order valence-electron chi connectivity index (χ1n) is 6.29. The molecule has 4 nitrogen and oxygen atoms in total. The Labute approximate surface area is 128 Å². The van der Waals surface area contributed by atoms with Crippen LogP contribution in [0.2, 0.25) is 0 Å². The molecule has 0 aliphatic heterocycles. The Bertz CT molecular complexity index is 729. The van der Waals surface area contributed by atoms with E-state index < -0.39 is 10.0 Å². The van der Waals surface area contributed by atoms with Crippen molar-refractivity contribution in [3.05, 3.63) is 36.0 Å². The number of halogens is 1. The van der Waals surface area contributed by atoms with Crippen LogP contribution >= 0.6 is 15.9 Å². The molecule has 0 bridgehead atoms. The fourth-order valence-corrected chi connectivity index (χ4v) is 4.20. The molecule has 1 atom stereocenters. The fraction of sp³-hybridized carbons (Fsp3) is 0.357. The zero-order valence-corrected chi connectivity index (χ0v) is 14.1. The van der Waals surface area contributed by atoms with Crippen LogP contribution < -0.4 is 0 Å². The molecule has 2 aromatic rings. The molecule has 0 N–H and O–H groups in total. The molecule has 108 valence electrons. The summed E-state index contributed by atoms with van der Waals surface area (Å²) in [6.07, 6.45) is 1.68. The molecule has 0 amide bonds. The highest BCUT2D eigenvalue weighted by atomic mass is 79.9. The van der Waals surface area contributed by atoms with Crippen molar-refractivity contribution < 1.29 is 8.42 Å². The van der Waals surface area contributed by atoms with Gasteiger partial charge in [-0.2, -0.15) is 4.31 Å². The first kappa shape index (κ1) is 15.4. The minimum atomic E-state index is -3.51. The number of benzene rings is 1. The van der Waals surface area contributed by atoms with E-state index in [9.17, 15) is 8.42 Å². The second-order valence-corrected chi connectivity index (χ2v) is 8.42. The van der Waals surface area contributed by atoms with Gasteiger partial charge in [0.05, 0.1) is 10.4 Å². The highest BCUT2D eigenvalue weighted by Crippen LogP contribution is 2.26. The van der Waals surface area contributed by atoms with Crippen molar-refractivity contribution in [3.63, 3.8) is 0 Å². The number of aryl methyl sites for hydroxylation is 1. The lowest BCUT2D eigenvalue weighted by Crippen LogP contribution is -2.31. The normalized spacial score (nSPS) is 13.8. The van der Waals surface area contributed by atoms with E-state index in [1.54, 1.807) is 37.5 Å². The Morgan fingerprint density at radius 2 is 2.05 bits per heavy atom. The lowest BCUT2D eigenvalue weighted by molar-refractivity contribution is 0.474. The van der Waals surface area contributed by atoms with Crippen LogP contribution in [0.25, 0.3) is 10.9 Å². The van der Waals surface area contributed by atoms with Crippen molar-refractivity contribution in [3.8, 4) is 0 Å². The third kappa shape index (κ3) is 2.87. The summed E-state index contributed by atoms with van der Waals surface area (Å²) in [5.74, 6) is 0. The molecule has 0 saturated carbocycles. The summed E-state index contributed by atoms with van der Waals surface area (Å²) >= 11 is 3.38. The number of sulfonamides is 1. The smallest absolute Gasteiger partial charge is 0.243 e. The van der Waals surface area contributed by atoms with Gasteiger partial charge in [0.1, 0.15) is 0 Å². The van der Waals surface area contributed by atoms with Gasteiger partial charge in [0.2, 0.25) is 10.0 Å². The van der Waals surface area contributed by atoms with Crippen molar-refractivity contribution >= 4 is 36.9 Å². The summed E-state index contributed by atoms with van der Waals surface area (Å²) in [5, 5.41) is 0.668. The predicted molar refractivity (Wildman–Crippen MR) is 84.7 cm³/mol. The average molecular weight is 357 g/mol. The monoisotopic (exact) mass is 356 g/mol. The molecule has 0 radical (unpaired) electrons. The summed E-state index contributed by atoms with van der Waals surface area (Å²) in [7, 11) is -1.92. The van der Waals surface area contributed by atoms with Gasteiger partial charge >= 0.3 is 0 Å². The first-order chi connectivity index (χ1) is 9.34. The van der Waals surface area contributed by atoms with E-state index >= 15 is 0 Å². The van der Waals surface area contributed by atoms with Crippen molar-refractivity contribution in [2.75, 3.05) is 13.6 Å². The standard InChI is InChI=1S/C14H17BrN2O2S/c1-10-6-7-13(12-5-4-8-16-14(10)12)20(18,19)17(3)9-11(2)15/h4-8,11H,9H2,1-3H3. The number of alkyl halides is 1. The number of nitrogens with zero attached hydrogens (tertiary/aromatic N) is 2. The summed E-state index contributed by atoms with van der Waals surface area (Å²) < 4.78 is 26.7. The number of aromatic nitrogens is 1. The van der Waals surface area contributed by atoms with E-state index in [0.29, 0.717) is 16.8 Å². The topological polar surface area (TPSA) is 50.3 Å². The fourth-order valence-electron chi connectivity index (χ4n) is 2.13. The van der Waals surface area contributed by atoms with E-state index in [1.807, 2.05) is 13.8 Å². The van der Waals surface area contributed by atoms with Crippen molar-refractivity contribution in [2.45, 2.75) is 23.6 Å². The maximum Gasteiger partial charge on any atom is 0.243 e. The lowest BCUT2D eigenvalue weighted by Gasteiger charge is -2.19. The zero-order valence-electron chi connectivity index (χ0n) is 11.7. The second-order valence-electron chi connectivity index (χ2n) is 4.85. The van der Waals surface area contributed by atoms with Gasteiger partial charge in [-0.3, -0.25) is 4.98 Å². The number of pyridine rings is 1. The molecule has 0 aliphatic rings. The molecule has 1 aromatic carbocycles. The minimum absolute atomic E-state index is 0.0945. The van der Waals surface area contributed by atoms with Crippen molar-refractivity contribution in [1.82, 2.24) is 9.29 Å². The van der Waals surface area contributed by atoms with Gasteiger partial charge in [0.15, 0.2) is 0 Å². The number of hydrogen-bond acceptors (Lipinski definition) is 3. The maximum absolute atomic E-state index is 12.7. The quantitative estimate of drug-likeness (QED) is 0.791. The Balaban J connectivity index is 2.61. The summed E-state index contributed by atoms with van der Waals surface area (Å²) in [6.45, 7) is 4.26. The number of rotatable bonds is 4. The van der Waals surface area contributed by atoms with E-state index in [2.05, 4.69) is 20.9 Å². The van der Waals surface area contributed by atoms with Crippen LogP contribution in [0.4, 0.5) is 0 Å². The van der Waals surface area contributed by atoms with Crippen molar-refractivity contribution in [1.29, 1.82) is 0 Å². The molecule has 0 saturated heterocycles. The SMILES string of the molecule is Cc1ccc(S(=O)(=O)N(C)CC(C)Br)c2cccnc12. The Morgan fingerprint density at radius 3 is 2.70 bits per heavy atom. The molecule has 2 rings (SSSR count). The molecule has 6 heteroatoms. The third-order valence-corrected chi connectivity index (χ3v) is 5.30. The van der Waals surface area contributed by atoms with E-state index in [4.69, 9.17) is 0 Å².